The summed E-state index contributed by atoms with van der Waals surface area (Å²) in [6.45, 7) is 9.33. The van der Waals surface area contributed by atoms with Crippen LogP contribution in [0.4, 0.5) is 5.69 Å². The van der Waals surface area contributed by atoms with E-state index in [1.807, 2.05) is 84.9 Å². The Balaban J connectivity index is 1.12. The van der Waals surface area contributed by atoms with Crippen LogP contribution in [0.2, 0.25) is 0 Å². The number of fused-ring (bicyclic) bond motifs is 18. The second kappa shape index (κ2) is 13.3. The maximum absolute atomic E-state index is 12.0. The lowest BCUT2D eigenvalue weighted by Crippen LogP contribution is -2.08. The number of rotatable bonds is 3. The lowest BCUT2D eigenvalue weighted by Gasteiger charge is -2.21. The van der Waals surface area contributed by atoms with E-state index in [0.717, 1.165) is 126 Å². The third kappa shape index (κ3) is 4.71. The van der Waals surface area contributed by atoms with E-state index in [0.29, 0.717) is 33.9 Å². The Labute approximate surface area is 395 Å². The van der Waals surface area contributed by atoms with E-state index in [2.05, 4.69) is 128 Å². The quantitative estimate of drug-likeness (QED) is 0.165. The number of hydrogen-bond acceptors (Lipinski definition) is 4. The van der Waals surface area contributed by atoms with Gasteiger partial charge in [-0.3, -0.25) is 0 Å². The Morgan fingerprint density at radius 2 is 0.700 bits per heavy atom. The fourth-order valence-electron chi connectivity index (χ4n) is 11.7. The van der Waals surface area contributed by atoms with Crippen LogP contribution in [0, 0.1) is 17.9 Å². The van der Waals surface area contributed by atoms with Crippen LogP contribution in [0.1, 0.15) is 5.56 Å². The second-order valence-corrected chi connectivity index (χ2v) is 18.2. The Kier molecular flexibility index (Phi) is 7.06. The first-order valence-corrected chi connectivity index (χ1v) is 23.2. The molecule has 0 radical (unpaired) electrons. The molecule has 6 aromatic heterocycles. The number of hydrogen-bond donors (Lipinski definition) is 0. The number of nitrogens with zero attached hydrogens (tertiary/aromatic N) is 5. The van der Waals surface area contributed by atoms with E-state index in [1.54, 1.807) is 0 Å². The van der Waals surface area contributed by atoms with E-state index >= 15 is 0 Å². The highest BCUT2D eigenvalue weighted by molar-refractivity contribution is 6.21. The Morgan fingerprint density at radius 1 is 0.343 bits per heavy atom. The molecule has 10 aromatic carbocycles. The SMILES string of the molecule is [C-]#[N+]c1c(-n2c3ccccc3c3cc4c(cc32)oc2ccccc24)cc(-n2c3ccccc3c3cc4c(cc32)oc2ccccc24)c(C#N)c1-n1c2ccccc2c2cc3c(cc21)oc1ccccc13. The average molecular weight is 894 g/mol. The van der Waals surface area contributed by atoms with Gasteiger partial charge in [-0.05, 0) is 60.7 Å². The molecule has 0 saturated carbocycles. The number of nitriles is 1. The van der Waals surface area contributed by atoms with Gasteiger partial charge in [0.15, 0.2) is 0 Å². The molecule has 0 N–H and O–H groups in total. The molecule has 0 bridgehead atoms. The maximum atomic E-state index is 12.0. The van der Waals surface area contributed by atoms with Gasteiger partial charge in [0, 0.05) is 82.8 Å². The molecule has 6 heterocycles. The summed E-state index contributed by atoms with van der Waals surface area (Å²) in [5, 5.41) is 24.1. The van der Waals surface area contributed by atoms with Gasteiger partial charge < -0.3 is 27.0 Å². The van der Waals surface area contributed by atoms with Crippen molar-refractivity contribution in [1.82, 2.24) is 13.7 Å². The van der Waals surface area contributed by atoms with Gasteiger partial charge in [-0.2, -0.15) is 5.26 Å². The molecule has 8 nitrogen and oxygen atoms in total. The molecule has 0 atom stereocenters. The largest absolute Gasteiger partial charge is 0.456 e. The zero-order chi connectivity index (χ0) is 45.9. The summed E-state index contributed by atoms with van der Waals surface area (Å²) in [5.74, 6) is 0. The van der Waals surface area contributed by atoms with Crippen LogP contribution < -0.4 is 0 Å². The zero-order valence-electron chi connectivity index (χ0n) is 36.9. The van der Waals surface area contributed by atoms with Gasteiger partial charge in [0.2, 0.25) is 5.69 Å². The monoisotopic (exact) mass is 893 g/mol. The van der Waals surface area contributed by atoms with E-state index in [4.69, 9.17) is 13.3 Å². The number of benzene rings is 10. The first-order valence-electron chi connectivity index (χ1n) is 23.2. The van der Waals surface area contributed by atoms with Crippen LogP contribution >= 0.6 is 0 Å². The molecule has 0 aliphatic rings. The summed E-state index contributed by atoms with van der Waals surface area (Å²) in [4.78, 5) is 4.51. The van der Waals surface area contributed by atoms with Gasteiger partial charge in [-0.15, -0.1) is 0 Å². The third-order valence-electron chi connectivity index (χ3n) is 14.7. The van der Waals surface area contributed by atoms with Crippen LogP contribution in [0.15, 0.2) is 201 Å². The van der Waals surface area contributed by atoms with Crippen molar-refractivity contribution in [1.29, 1.82) is 5.26 Å². The first-order chi connectivity index (χ1) is 34.6. The van der Waals surface area contributed by atoms with Crippen molar-refractivity contribution in [3.8, 4) is 23.1 Å². The summed E-state index contributed by atoms with van der Waals surface area (Å²) >= 11 is 0. The lowest BCUT2D eigenvalue weighted by molar-refractivity contribution is 0.669. The summed E-state index contributed by atoms with van der Waals surface area (Å²) < 4.78 is 26.2. The molecule has 0 fully saturated rings. The lowest BCUT2D eigenvalue weighted by atomic mass is 10.0. The van der Waals surface area contributed by atoms with Crippen LogP contribution in [0.5, 0.6) is 0 Å². The van der Waals surface area contributed by atoms with Gasteiger partial charge in [0.25, 0.3) is 0 Å². The van der Waals surface area contributed by atoms with E-state index in [-0.39, 0.29) is 0 Å². The number of para-hydroxylation sites is 6. The minimum atomic E-state index is 0.320. The predicted molar refractivity (Wildman–Crippen MR) is 282 cm³/mol. The molecule has 16 aromatic rings. The first kappa shape index (κ1) is 37.1. The standard InChI is InChI=1S/C62H31N5O3/c1-64-61-54(66-48-21-9-3-15-35(48)41-27-44-38-18-6-12-24-56(38)69-59(44)31-52(41)66)29-50(65-47-20-8-2-14-34(47)40-26-43-37-17-5-11-23-55(37)68-58(43)30-51(40)65)46(33-63)62(61)67-49-22-10-4-16-36(49)42-28-45-39-19-7-13-25-57(39)70-60(45)32-53(42)67/h2-32H. The minimum absolute atomic E-state index is 0.320. The Hall–Kier alpha value is -10.0. The van der Waals surface area contributed by atoms with Crippen LogP contribution in [0.25, 0.3) is 153 Å². The summed E-state index contributed by atoms with van der Waals surface area (Å²) in [7, 11) is 0. The topological polar surface area (TPSA) is 82.4 Å². The van der Waals surface area contributed by atoms with Crippen LogP contribution in [-0.2, 0) is 0 Å². The van der Waals surface area contributed by atoms with Crippen molar-refractivity contribution in [2.75, 3.05) is 0 Å². The maximum Gasteiger partial charge on any atom is 0.235 e. The molecule has 0 amide bonds. The van der Waals surface area contributed by atoms with Crippen molar-refractivity contribution in [2.24, 2.45) is 0 Å². The molecule has 0 unspecified atom stereocenters. The molecular formula is C62H31N5O3. The molecule has 8 heteroatoms. The molecule has 0 aliphatic heterocycles. The fraction of sp³-hybridized carbons (Fsp3) is 0. The summed E-state index contributed by atoms with van der Waals surface area (Å²) in [6.07, 6.45) is 0. The predicted octanol–water partition coefficient (Wildman–Crippen LogP) is 17.1. The van der Waals surface area contributed by atoms with Gasteiger partial charge in [0.05, 0.1) is 62.3 Å². The van der Waals surface area contributed by atoms with Gasteiger partial charge in [-0.25, -0.2) is 4.85 Å². The zero-order valence-corrected chi connectivity index (χ0v) is 36.9. The summed E-state index contributed by atoms with van der Waals surface area (Å²) in [5.41, 5.74) is 12.2. The normalized spacial score (nSPS) is 12.3. The minimum Gasteiger partial charge on any atom is -0.456 e. The van der Waals surface area contributed by atoms with E-state index < -0.39 is 0 Å². The Bertz CT molecular complexity index is 4890. The fourth-order valence-corrected chi connectivity index (χ4v) is 11.7. The summed E-state index contributed by atoms with van der Waals surface area (Å²) in [6, 6.07) is 66.9. The van der Waals surface area contributed by atoms with Gasteiger partial charge >= 0.3 is 0 Å². The number of aromatic nitrogens is 3. The molecular weight excluding hydrogens is 863 g/mol. The van der Waals surface area contributed by atoms with E-state index in [9.17, 15) is 11.8 Å². The van der Waals surface area contributed by atoms with Crippen molar-refractivity contribution in [2.45, 2.75) is 0 Å². The smallest absolute Gasteiger partial charge is 0.235 e. The van der Waals surface area contributed by atoms with Gasteiger partial charge in [-0.1, -0.05) is 109 Å². The molecule has 70 heavy (non-hydrogen) atoms. The van der Waals surface area contributed by atoms with Crippen LogP contribution in [0.3, 0.4) is 0 Å². The van der Waals surface area contributed by atoms with E-state index in [1.165, 1.54) is 0 Å². The van der Waals surface area contributed by atoms with Crippen molar-refractivity contribution < 1.29 is 13.3 Å². The molecule has 0 aliphatic carbocycles. The van der Waals surface area contributed by atoms with Crippen molar-refractivity contribution >= 4 is 137 Å². The highest BCUT2D eigenvalue weighted by Gasteiger charge is 2.30. The van der Waals surface area contributed by atoms with Crippen molar-refractivity contribution in [3.05, 3.63) is 205 Å². The molecule has 0 saturated heterocycles. The second-order valence-electron chi connectivity index (χ2n) is 18.2. The molecule has 0 spiro atoms. The molecule has 322 valence electrons. The average Bonchev–Trinajstić information content (AvgIpc) is 4.25. The molecule has 16 rings (SSSR count). The van der Waals surface area contributed by atoms with Crippen molar-refractivity contribution in [3.63, 3.8) is 0 Å². The Morgan fingerprint density at radius 3 is 1.11 bits per heavy atom. The van der Waals surface area contributed by atoms with Gasteiger partial charge in [0.1, 0.15) is 39.6 Å². The highest BCUT2D eigenvalue weighted by Crippen LogP contribution is 2.49. The van der Waals surface area contributed by atoms with Crippen LogP contribution in [-0.4, -0.2) is 13.7 Å². The third-order valence-corrected chi connectivity index (χ3v) is 14.7. The highest BCUT2D eigenvalue weighted by atomic mass is 16.3. The number of furan rings is 3.